The van der Waals surface area contributed by atoms with Gasteiger partial charge in [0.1, 0.15) is 11.5 Å². The number of carbonyl (C=O) groups is 1. The first-order valence-electron chi connectivity index (χ1n) is 7.23. The SMILES string of the molecule is COc1cc(OC)cc(C(=O)Nc2nnc(-c3cccc(Cl)c3)o2)c1. The molecular formula is C17H14ClN3O4. The molecule has 1 N–H and O–H groups in total. The van der Waals surface area contributed by atoms with Gasteiger partial charge in [0.25, 0.3) is 5.91 Å². The lowest BCUT2D eigenvalue weighted by atomic mass is 10.2. The van der Waals surface area contributed by atoms with Crippen LogP contribution in [0.25, 0.3) is 11.5 Å². The van der Waals surface area contributed by atoms with Crippen LogP contribution in [0.2, 0.25) is 5.02 Å². The summed E-state index contributed by atoms with van der Waals surface area (Å²) in [7, 11) is 3.01. The molecule has 0 aliphatic carbocycles. The van der Waals surface area contributed by atoms with Crippen molar-refractivity contribution in [1.82, 2.24) is 10.2 Å². The predicted molar refractivity (Wildman–Crippen MR) is 92.2 cm³/mol. The normalized spacial score (nSPS) is 10.4. The van der Waals surface area contributed by atoms with Crippen LogP contribution < -0.4 is 14.8 Å². The Labute approximate surface area is 148 Å². The molecule has 2 aromatic carbocycles. The molecule has 0 fully saturated rings. The molecule has 0 saturated carbocycles. The van der Waals surface area contributed by atoms with Crippen LogP contribution in [-0.4, -0.2) is 30.3 Å². The molecule has 1 amide bonds. The summed E-state index contributed by atoms with van der Waals surface area (Å²) in [6, 6.07) is 11.8. The van der Waals surface area contributed by atoms with E-state index in [4.69, 9.17) is 25.5 Å². The van der Waals surface area contributed by atoms with Crippen LogP contribution in [0.4, 0.5) is 6.01 Å². The molecular weight excluding hydrogens is 346 g/mol. The van der Waals surface area contributed by atoms with Gasteiger partial charge in [-0.25, -0.2) is 0 Å². The number of ether oxygens (including phenoxy) is 2. The smallest absolute Gasteiger partial charge is 0.322 e. The summed E-state index contributed by atoms with van der Waals surface area (Å²) in [5.74, 6) is 0.809. The second-order valence-electron chi connectivity index (χ2n) is 4.98. The third kappa shape index (κ3) is 3.89. The average Bonchev–Trinajstić information content (AvgIpc) is 3.09. The van der Waals surface area contributed by atoms with E-state index in [2.05, 4.69) is 15.5 Å². The van der Waals surface area contributed by atoms with Crippen LogP contribution in [-0.2, 0) is 0 Å². The van der Waals surface area contributed by atoms with E-state index in [0.29, 0.717) is 27.6 Å². The molecule has 7 nitrogen and oxygen atoms in total. The summed E-state index contributed by atoms with van der Waals surface area (Å²) in [6.07, 6.45) is 0. The lowest BCUT2D eigenvalue weighted by Crippen LogP contribution is -2.12. The third-order valence-corrected chi connectivity index (χ3v) is 3.57. The second kappa shape index (κ2) is 7.23. The molecule has 1 heterocycles. The molecule has 0 radical (unpaired) electrons. The number of methoxy groups -OCH3 is 2. The maximum absolute atomic E-state index is 12.4. The molecule has 0 unspecified atom stereocenters. The first-order chi connectivity index (χ1) is 12.1. The highest BCUT2D eigenvalue weighted by Crippen LogP contribution is 2.25. The van der Waals surface area contributed by atoms with Crippen LogP contribution in [0.3, 0.4) is 0 Å². The number of nitrogens with zero attached hydrogens (tertiary/aromatic N) is 2. The lowest BCUT2D eigenvalue weighted by Gasteiger charge is -2.07. The predicted octanol–water partition coefficient (Wildman–Crippen LogP) is 3.66. The second-order valence-corrected chi connectivity index (χ2v) is 5.41. The van der Waals surface area contributed by atoms with Gasteiger partial charge in [-0.15, -0.1) is 5.10 Å². The number of carbonyl (C=O) groups excluding carboxylic acids is 1. The Morgan fingerprint density at radius 3 is 2.44 bits per heavy atom. The zero-order valence-electron chi connectivity index (χ0n) is 13.4. The van der Waals surface area contributed by atoms with Gasteiger partial charge in [-0.1, -0.05) is 22.8 Å². The van der Waals surface area contributed by atoms with E-state index >= 15 is 0 Å². The van der Waals surface area contributed by atoms with Gasteiger partial charge < -0.3 is 13.9 Å². The molecule has 128 valence electrons. The summed E-state index contributed by atoms with van der Waals surface area (Å²) in [5.41, 5.74) is 0.988. The molecule has 0 bridgehead atoms. The lowest BCUT2D eigenvalue weighted by molar-refractivity contribution is 0.102. The van der Waals surface area contributed by atoms with Crippen LogP contribution in [0.5, 0.6) is 11.5 Å². The van der Waals surface area contributed by atoms with Gasteiger partial charge in [0, 0.05) is 22.2 Å². The molecule has 0 spiro atoms. The molecule has 3 rings (SSSR count). The highest BCUT2D eigenvalue weighted by atomic mass is 35.5. The number of hydrogen-bond donors (Lipinski definition) is 1. The van der Waals surface area contributed by atoms with Crippen molar-refractivity contribution in [3.05, 3.63) is 53.1 Å². The monoisotopic (exact) mass is 359 g/mol. The maximum atomic E-state index is 12.4. The number of rotatable bonds is 5. The molecule has 0 aliphatic heterocycles. The Morgan fingerprint density at radius 1 is 1.08 bits per heavy atom. The molecule has 0 saturated heterocycles. The molecule has 0 aliphatic rings. The van der Waals surface area contributed by atoms with E-state index in [1.165, 1.54) is 14.2 Å². The van der Waals surface area contributed by atoms with Crippen molar-refractivity contribution < 1.29 is 18.7 Å². The number of halogens is 1. The Kier molecular flexibility index (Phi) is 4.85. The fourth-order valence-corrected chi connectivity index (χ4v) is 2.31. The minimum absolute atomic E-state index is 0.0261. The van der Waals surface area contributed by atoms with E-state index in [0.717, 1.165) is 0 Å². The van der Waals surface area contributed by atoms with Crippen molar-refractivity contribution >= 4 is 23.5 Å². The van der Waals surface area contributed by atoms with Crippen molar-refractivity contribution in [3.8, 4) is 23.0 Å². The van der Waals surface area contributed by atoms with Crippen molar-refractivity contribution in [1.29, 1.82) is 0 Å². The summed E-state index contributed by atoms with van der Waals surface area (Å²) in [5, 5.41) is 10.8. The summed E-state index contributed by atoms with van der Waals surface area (Å²) in [6.45, 7) is 0. The first kappa shape index (κ1) is 16.8. The quantitative estimate of drug-likeness (QED) is 0.748. The van der Waals surface area contributed by atoms with Gasteiger partial charge >= 0.3 is 6.01 Å². The van der Waals surface area contributed by atoms with Crippen LogP contribution in [0, 0.1) is 0 Å². The van der Waals surface area contributed by atoms with Gasteiger partial charge in [0.15, 0.2) is 0 Å². The highest BCUT2D eigenvalue weighted by molar-refractivity contribution is 6.30. The Balaban J connectivity index is 1.80. The van der Waals surface area contributed by atoms with Gasteiger partial charge in [-0.05, 0) is 30.3 Å². The van der Waals surface area contributed by atoms with Gasteiger partial charge in [0.05, 0.1) is 14.2 Å². The standard InChI is InChI=1S/C17H14ClN3O4/c1-23-13-7-11(8-14(9-13)24-2)15(22)19-17-21-20-16(25-17)10-4-3-5-12(18)6-10/h3-9H,1-2H3,(H,19,21,22). The van der Waals surface area contributed by atoms with Crippen molar-refractivity contribution in [2.75, 3.05) is 19.5 Å². The number of benzene rings is 2. The largest absolute Gasteiger partial charge is 0.497 e. The van der Waals surface area contributed by atoms with Crippen LogP contribution >= 0.6 is 11.6 Å². The van der Waals surface area contributed by atoms with Gasteiger partial charge in [-0.2, -0.15) is 0 Å². The van der Waals surface area contributed by atoms with E-state index in [9.17, 15) is 4.79 Å². The van der Waals surface area contributed by atoms with Gasteiger partial charge in [0.2, 0.25) is 5.89 Å². The number of nitrogens with one attached hydrogen (secondary N) is 1. The summed E-state index contributed by atoms with van der Waals surface area (Å²) < 4.78 is 15.7. The average molecular weight is 360 g/mol. The Morgan fingerprint density at radius 2 is 1.80 bits per heavy atom. The Bertz CT molecular complexity index is 888. The van der Waals surface area contributed by atoms with E-state index < -0.39 is 5.91 Å². The zero-order chi connectivity index (χ0) is 17.8. The van der Waals surface area contributed by atoms with Crippen molar-refractivity contribution in [2.24, 2.45) is 0 Å². The topological polar surface area (TPSA) is 86.5 Å². The highest BCUT2D eigenvalue weighted by Gasteiger charge is 2.15. The number of amides is 1. The third-order valence-electron chi connectivity index (χ3n) is 3.33. The van der Waals surface area contributed by atoms with E-state index in [1.54, 1.807) is 42.5 Å². The molecule has 0 atom stereocenters. The van der Waals surface area contributed by atoms with E-state index in [1.807, 2.05) is 0 Å². The van der Waals surface area contributed by atoms with Crippen LogP contribution in [0.1, 0.15) is 10.4 Å². The molecule has 25 heavy (non-hydrogen) atoms. The number of aromatic nitrogens is 2. The number of anilines is 1. The molecule has 3 aromatic rings. The summed E-state index contributed by atoms with van der Waals surface area (Å²) >= 11 is 5.94. The summed E-state index contributed by atoms with van der Waals surface area (Å²) in [4.78, 5) is 12.4. The van der Waals surface area contributed by atoms with Crippen LogP contribution in [0.15, 0.2) is 46.9 Å². The molecule has 8 heteroatoms. The van der Waals surface area contributed by atoms with Crippen molar-refractivity contribution in [3.63, 3.8) is 0 Å². The minimum atomic E-state index is -0.432. The fourth-order valence-electron chi connectivity index (χ4n) is 2.12. The van der Waals surface area contributed by atoms with Crippen molar-refractivity contribution in [2.45, 2.75) is 0 Å². The zero-order valence-corrected chi connectivity index (χ0v) is 14.2. The molecule has 1 aromatic heterocycles. The minimum Gasteiger partial charge on any atom is -0.497 e. The first-order valence-corrected chi connectivity index (χ1v) is 7.60. The number of hydrogen-bond acceptors (Lipinski definition) is 6. The van der Waals surface area contributed by atoms with Gasteiger partial charge in [-0.3, -0.25) is 10.1 Å². The maximum Gasteiger partial charge on any atom is 0.322 e. The Hall–Kier alpha value is -3.06. The van der Waals surface area contributed by atoms with E-state index in [-0.39, 0.29) is 11.9 Å². The fraction of sp³-hybridized carbons (Fsp3) is 0.118.